The van der Waals surface area contributed by atoms with Crippen molar-refractivity contribution in [3.63, 3.8) is 0 Å². The van der Waals surface area contributed by atoms with E-state index >= 15 is 0 Å². The van der Waals surface area contributed by atoms with Crippen LogP contribution in [0.4, 0.5) is 0 Å². The summed E-state index contributed by atoms with van der Waals surface area (Å²) in [6.45, 7) is 11.1. The molecule has 0 unspecified atom stereocenters. The molecule has 0 aromatic heterocycles. The van der Waals surface area contributed by atoms with Gasteiger partial charge in [-0.1, -0.05) is 13.8 Å². The van der Waals surface area contributed by atoms with Crippen LogP contribution in [0.1, 0.15) is 27.2 Å². The molecule has 130 valence electrons. The van der Waals surface area contributed by atoms with Crippen molar-refractivity contribution >= 4 is 10.2 Å². The van der Waals surface area contributed by atoms with Gasteiger partial charge in [0, 0.05) is 52.4 Å². The molecular weight excluding hydrogens is 302 g/mol. The van der Waals surface area contributed by atoms with Crippen LogP contribution in [-0.4, -0.2) is 81.0 Å². The van der Waals surface area contributed by atoms with Gasteiger partial charge in [-0.25, -0.2) is 0 Å². The van der Waals surface area contributed by atoms with Crippen LogP contribution >= 0.6 is 0 Å². The van der Waals surface area contributed by atoms with E-state index in [1.54, 1.807) is 15.7 Å². The van der Waals surface area contributed by atoms with E-state index < -0.39 is 10.2 Å². The van der Waals surface area contributed by atoms with Gasteiger partial charge in [0.2, 0.25) is 0 Å². The molecule has 0 N–H and O–H groups in total. The van der Waals surface area contributed by atoms with Crippen LogP contribution in [0.5, 0.6) is 0 Å². The molecule has 0 spiro atoms. The second-order valence-corrected chi connectivity index (χ2v) is 8.94. The van der Waals surface area contributed by atoms with Gasteiger partial charge in [-0.05, 0) is 25.2 Å². The number of methoxy groups -OCH3 is 1. The lowest BCUT2D eigenvalue weighted by molar-refractivity contribution is 0.0743. The number of hydrogen-bond donors (Lipinski definition) is 0. The standard InChI is InChI=1S/C15H31N3O3S/c1-13-9-14(2)11-18(10-13)22(19,20)17-7-5-16(6-8-17)15(3)12-21-4/h13-15H,5-12H2,1-4H3/t13-,14+,15-/m0/s1. The molecule has 0 aromatic rings. The third-order valence-electron chi connectivity index (χ3n) is 4.79. The Morgan fingerprint density at radius 2 is 1.59 bits per heavy atom. The van der Waals surface area contributed by atoms with Gasteiger partial charge >= 0.3 is 0 Å². The van der Waals surface area contributed by atoms with Gasteiger partial charge in [-0.3, -0.25) is 4.90 Å². The van der Waals surface area contributed by atoms with E-state index in [-0.39, 0.29) is 0 Å². The largest absolute Gasteiger partial charge is 0.383 e. The van der Waals surface area contributed by atoms with Crippen molar-refractivity contribution in [2.75, 3.05) is 53.0 Å². The second-order valence-electron chi connectivity index (χ2n) is 7.01. The molecule has 2 rings (SSSR count). The van der Waals surface area contributed by atoms with Crippen molar-refractivity contribution in [3.8, 4) is 0 Å². The van der Waals surface area contributed by atoms with Crippen molar-refractivity contribution < 1.29 is 13.2 Å². The molecule has 0 radical (unpaired) electrons. The normalized spacial score (nSPS) is 31.3. The van der Waals surface area contributed by atoms with Crippen molar-refractivity contribution in [3.05, 3.63) is 0 Å². The van der Waals surface area contributed by atoms with Gasteiger partial charge in [-0.2, -0.15) is 17.0 Å². The highest BCUT2D eigenvalue weighted by Crippen LogP contribution is 2.25. The van der Waals surface area contributed by atoms with E-state index in [2.05, 4.69) is 25.7 Å². The molecule has 2 saturated heterocycles. The summed E-state index contributed by atoms with van der Waals surface area (Å²) in [7, 11) is -1.60. The van der Waals surface area contributed by atoms with Gasteiger partial charge in [0.15, 0.2) is 0 Å². The zero-order valence-corrected chi connectivity index (χ0v) is 15.2. The smallest absolute Gasteiger partial charge is 0.282 e. The van der Waals surface area contributed by atoms with Gasteiger partial charge in [0.1, 0.15) is 0 Å². The highest BCUT2D eigenvalue weighted by molar-refractivity contribution is 7.86. The summed E-state index contributed by atoms with van der Waals surface area (Å²) in [4.78, 5) is 2.30. The zero-order valence-electron chi connectivity index (χ0n) is 14.4. The van der Waals surface area contributed by atoms with E-state index in [9.17, 15) is 8.42 Å². The number of piperazine rings is 1. The molecule has 6 nitrogen and oxygen atoms in total. The summed E-state index contributed by atoms with van der Waals surface area (Å²) in [6.07, 6.45) is 1.12. The third-order valence-corrected chi connectivity index (χ3v) is 6.76. The summed E-state index contributed by atoms with van der Waals surface area (Å²) in [5.41, 5.74) is 0. The fourth-order valence-electron chi connectivity index (χ4n) is 3.68. The van der Waals surface area contributed by atoms with E-state index in [1.807, 2.05) is 0 Å². The van der Waals surface area contributed by atoms with E-state index in [4.69, 9.17) is 4.74 Å². The quantitative estimate of drug-likeness (QED) is 0.749. The lowest BCUT2D eigenvalue weighted by Gasteiger charge is -2.41. The van der Waals surface area contributed by atoms with Gasteiger partial charge in [-0.15, -0.1) is 0 Å². The molecule has 3 atom stereocenters. The van der Waals surface area contributed by atoms with E-state index in [0.29, 0.717) is 50.7 Å². The monoisotopic (exact) mass is 333 g/mol. The molecule has 0 aliphatic carbocycles. The summed E-state index contributed by atoms with van der Waals surface area (Å²) in [5.74, 6) is 0.892. The molecule has 0 bridgehead atoms. The Morgan fingerprint density at radius 3 is 2.09 bits per heavy atom. The minimum atomic E-state index is -3.30. The topological polar surface area (TPSA) is 53.1 Å². The van der Waals surface area contributed by atoms with Crippen molar-refractivity contribution in [1.29, 1.82) is 0 Å². The number of nitrogens with zero attached hydrogens (tertiary/aromatic N) is 3. The minimum Gasteiger partial charge on any atom is -0.383 e. The Morgan fingerprint density at radius 1 is 1.05 bits per heavy atom. The minimum absolute atomic E-state index is 0.338. The Labute approximate surface area is 135 Å². The summed E-state index contributed by atoms with van der Waals surface area (Å²) >= 11 is 0. The Balaban J connectivity index is 1.94. The fourth-order valence-corrected chi connectivity index (χ4v) is 5.52. The molecule has 2 fully saturated rings. The predicted molar refractivity (Wildman–Crippen MR) is 87.9 cm³/mol. The lowest BCUT2D eigenvalue weighted by Crippen LogP contribution is -2.56. The Kier molecular flexibility index (Phi) is 6.24. The lowest BCUT2D eigenvalue weighted by atomic mass is 9.94. The predicted octanol–water partition coefficient (Wildman–Crippen LogP) is 0.862. The van der Waals surface area contributed by atoms with Crippen molar-refractivity contribution in [2.24, 2.45) is 11.8 Å². The SMILES string of the molecule is COC[C@H](C)N1CCN(S(=O)(=O)N2C[C@H](C)C[C@H](C)C2)CC1. The summed E-state index contributed by atoms with van der Waals surface area (Å²) in [5, 5.41) is 0. The summed E-state index contributed by atoms with van der Waals surface area (Å²) < 4.78 is 34.2. The first-order chi connectivity index (χ1) is 10.3. The van der Waals surface area contributed by atoms with Crippen LogP contribution in [0.3, 0.4) is 0 Å². The van der Waals surface area contributed by atoms with Crippen LogP contribution in [0.15, 0.2) is 0 Å². The molecule has 0 amide bonds. The molecule has 2 heterocycles. The maximum atomic E-state index is 12.8. The van der Waals surface area contributed by atoms with Crippen LogP contribution in [0.2, 0.25) is 0 Å². The molecule has 22 heavy (non-hydrogen) atoms. The number of rotatable bonds is 5. The zero-order chi connectivity index (χ0) is 16.3. The molecule has 2 aliphatic rings. The van der Waals surface area contributed by atoms with Crippen LogP contribution in [-0.2, 0) is 14.9 Å². The van der Waals surface area contributed by atoms with Gasteiger partial charge in [0.25, 0.3) is 10.2 Å². The average molecular weight is 333 g/mol. The highest BCUT2D eigenvalue weighted by atomic mass is 32.2. The van der Waals surface area contributed by atoms with Crippen LogP contribution in [0, 0.1) is 11.8 Å². The van der Waals surface area contributed by atoms with Crippen molar-refractivity contribution in [1.82, 2.24) is 13.5 Å². The Hall–Kier alpha value is -0.210. The third kappa shape index (κ3) is 4.20. The van der Waals surface area contributed by atoms with E-state index in [1.165, 1.54) is 0 Å². The van der Waals surface area contributed by atoms with Crippen LogP contribution in [0.25, 0.3) is 0 Å². The van der Waals surface area contributed by atoms with Gasteiger partial charge in [0.05, 0.1) is 6.61 Å². The van der Waals surface area contributed by atoms with Crippen molar-refractivity contribution in [2.45, 2.75) is 33.2 Å². The van der Waals surface area contributed by atoms with Crippen LogP contribution < -0.4 is 0 Å². The first kappa shape index (κ1) is 18.1. The Bertz CT molecular complexity index is 439. The maximum absolute atomic E-state index is 12.8. The molecule has 2 aliphatic heterocycles. The molecule has 7 heteroatoms. The van der Waals surface area contributed by atoms with Gasteiger partial charge < -0.3 is 4.74 Å². The molecule has 0 saturated carbocycles. The molecular formula is C15H31N3O3S. The fraction of sp³-hybridized carbons (Fsp3) is 1.00. The first-order valence-corrected chi connectivity index (χ1v) is 9.72. The maximum Gasteiger partial charge on any atom is 0.282 e. The first-order valence-electron chi connectivity index (χ1n) is 8.32. The number of hydrogen-bond acceptors (Lipinski definition) is 4. The second kappa shape index (κ2) is 7.57. The highest BCUT2D eigenvalue weighted by Gasteiger charge is 2.36. The average Bonchev–Trinajstić information content (AvgIpc) is 2.46. The number of ether oxygens (including phenoxy) is 1. The summed E-state index contributed by atoms with van der Waals surface area (Å²) in [6, 6.07) is 0.338. The van der Waals surface area contributed by atoms with E-state index in [0.717, 1.165) is 19.5 Å². The number of piperidine rings is 1. The molecule has 0 aromatic carbocycles.